The Morgan fingerprint density at radius 1 is 1.50 bits per heavy atom. The van der Waals surface area contributed by atoms with Gasteiger partial charge in [-0.15, -0.1) is 0 Å². The minimum absolute atomic E-state index is 0.0447. The van der Waals surface area contributed by atoms with Crippen molar-refractivity contribution in [1.82, 2.24) is 0 Å². The average Bonchev–Trinajstić information content (AvgIpc) is 2.00. The second kappa shape index (κ2) is 5.72. The topological polar surface area (TPSA) is 43.1 Å². The van der Waals surface area contributed by atoms with E-state index in [4.69, 9.17) is 5.73 Å². The molecule has 0 aliphatic carbocycles. The highest BCUT2D eigenvalue weighted by atomic mass is 16.1. The van der Waals surface area contributed by atoms with Crippen LogP contribution in [0, 0.1) is 0 Å². The molecule has 0 rings (SSSR count). The predicted octanol–water partition coefficient (Wildman–Crippen LogP) is 1.82. The molecule has 68 valence electrons. The summed E-state index contributed by atoms with van der Waals surface area (Å²) >= 11 is 0. The molecular formula is C10H17NO. The summed E-state index contributed by atoms with van der Waals surface area (Å²) < 4.78 is 0. The molecule has 0 aromatic rings. The van der Waals surface area contributed by atoms with E-state index in [2.05, 4.69) is 0 Å². The molecule has 0 aliphatic heterocycles. The van der Waals surface area contributed by atoms with Gasteiger partial charge in [0.05, 0.1) is 6.04 Å². The largest absolute Gasteiger partial charge is 0.321 e. The summed E-state index contributed by atoms with van der Waals surface area (Å²) in [4.78, 5) is 10.8. The first-order valence-electron chi connectivity index (χ1n) is 4.12. The van der Waals surface area contributed by atoms with Crippen LogP contribution in [0.3, 0.4) is 0 Å². The molecule has 12 heavy (non-hydrogen) atoms. The first-order valence-corrected chi connectivity index (χ1v) is 4.12. The van der Waals surface area contributed by atoms with Gasteiger partial charge < -0.3 is 5.73 Å². The Bertz CT molecular complexity index is 204. The monoisotopic (exact) mass is 167 g/mol. The zero-order valence-electron chi connectivity index (χ0n) is 8.00. The average molecular weight is 167 g/mol. The summed E-state index contributed by atoms with van der Waals surface area (Å²) in [5, 5.41) is 0. The Balaban J connectivity index is 3.99. The number of carbonyl (C=O) groups excluding carboxylic acids is 1. The van der Waals surface area contributed by atoms with Crippen molar-refractivity contribution in [3.05, 3.63) is 23.8 Å². The lowest BCUT2D eigenvalue weighted by Gasteiger charge is -2.06. The molecule has 2 N–H and O–H groups in total. The van der Waals surface area contributed by atoms with E-state index in [1.54, 1.807) is 0 Å². The number of carbonyl (C=O) groups is 1. The van der Waals surface area contributed by atoms with Gasteiger partial charge in [-0.2, -0.15) is 0 Å². The van der Waals surface area contributed by atoms with E-state index in [0.29, 0.717) is 6.42 Å². The second-order valence-corrected chi connectivity index (χ2v) is 2.96. The van der Waals surface area contributed by atoms with Crippen molar-refractivity contribution in [3.63, 3.8) is 0 Å². The van der Waals surface area contributed by atoms with Gasteiger partial charge in [0.25, 0.3) is 0 Å². The summed E-state index contributed by atoms with van der Waals surface area (Å²) in [6, 6.07) is -0.341. The molecule has 0 aliphatic rings. The summed E-state index contributed by atoms with van der Waals surface area (Å²) in [5.74, 6) is 0.0447. The third kappa shape index (κ3) is 4.85. The number of hydrogen-bond acceptors (Lipinski definition) is 2. The van der Waals surface area contributed by atoms with Crippen molar-refractivity contribution < 1.29 is 4.79 Å². The predicted molar refractivity (Wildman–Crippen MR) is 51.8 cm³/mol. The van der Waals surface area contributed by atoms with Crippen LogP contribution < -0.4 is 5.73 Å². The van der Waals surface area contributed by atoms with Gasteiger partial charge in [0.1, 0.15) is 5.78 Å². The van der Waals surface area contributed by atoms with Crippen LogP contribution >= 0.6 is 0 Å². The van der Waals surface area contributed by atoms with Gasteiger partial charge in [-0.05, 0) is 27.2 Å². The van der Waals surface area contributed by atoms with Gasteiger partial charge in [-0.25, -0.2) is 0 Å². The summed E-state index contributed by atoms with van der Waals surface area (Å²) in [5.41, 5.74) is 6.71. The van der Waals surface area contributed by atoms with E-state index in [-0.39, 0.29) is 11.8 Å². The molecule has 0 unspecified atom stereocenters. The van der Waals surface area contributed by atoms with Crippen molar-refractivity contribution in [3.8, 4) is 0 Å². The van der Waals surface area contributed by atoms with Crippen molar-refractivity contribution in [1.29, 1.82) is 0 Å². The molecule has 0 bridgehead atoms. The lowest BCUT2D eigenvalue weighted by Crippen LogP contribution is -2.28. The lowest BCUT2D eigenvalue weighted by molar-refractivity contribution is -0.118. The van der Waals surface area contributed by atoms with Crippen LogP contribution in [0.25, 0.3) is 0 Å². The maximum absolute atomic E-state index is 10.8. The van der Waals surface area contributed by atoms with E-state index >= 15 is 0 Å². The van der Waals surface area contributed by atoms with Crippen LogP contribution in [-0.2, 0) is 4.79 Å². The van der Waals surface area contributed by atoms with Gasteiger partial charge >= 0.3 is 0 Å². The van der Waals surface area contributed by atoms with E-state index in [1.807, 2.05) is 32.1 Å². The molecule has 0 heterocycles. The zero-order valence-corrected chi connectivity index (χ0v) is 8.00. The van der Waals surface area contributed by atoms with Crippen LogP contribution in [0.15, 0.2) is 23.8 Å². The maximum Gasteiger partial charge on any atom is 0.146 e. The van der Waals surface area contributed by atoms with Crippen LogP contribution in [0.4, 0.5) is 0 Å². The molecule has 0 spiro atoms. The molecule has 2 heteroatoms. The molecule has 0 saturated carbocycles. The Morgan fingerprint density at radius 2 is 2.08 bits per heavy atom. The second-order valence-electron chi connectivity index (χ2n) is 2.96. The maximum atomic E-state index is 10.8. The first kappa shape index (κ1) is 11.1. The molecule has 0 saturated heterocycles. The van der Waals surface area contributed by atoms with Crippen molar-refractivity contribution in [2.45, 2.75) is 33.2 Å². The minimum atomic E-state index is -0.341. The SMILES string of the molecule is C/C=C\C=C(/C)C[C@H](N)C(C)=O. The molecule has 0 amide bonds. The number of rotatable bonds is 4. The fourth-order valence-corrected chi connectivity index (χ4v) is 0.819. The van der Waals surface area contributed by atoms with Gasteiger partial charge in [-0.3, -0.25) is 4.79 Å². The van der Waals surface area contributed by atoms with E-state index in [0.717, 1.165) is 5.57 Å². The van der Waals surface area contributed by atoms with E-state index < -0.39 is 0 Å². The fraction of sp³-hybridized carbons (Fsp3) is 0.500. The highest BCUT2D eigenvalue weighted by Gasteiger charge is 2.07. The molecular weight excluding hydrogens is 150 g/mol. The minimum Gasteiger partial charge on any atom is -0.321 e. The van der Waals surface area contributed by atoms with Gasteiger partial charge in [-0.1, -0.05) is 23.8 Å². The number of hydrogen-bond donors (Lipinski definition) is 1. The molecule has 0 aromatic carbocycles. The normalized spacial score (nSPS) is 15.2. The smallest absolute Gasteiger partial charge is 0.146 e. The summed E-state index contributed by atoms with van der Waals surface area (Å²) in [6.45, 7) is 5.45. The van der Waals surface area contributed by atoms with Gasteiger partial charge in [0.15, 0.2) is 0 Å². The third-order valence-electron chi connectivity index (χ3n) is 1.64. The van der Waals surface area contributed by atoms with E-state index in [9.17, 15) is 4.79 Å². The van der Waals surface area contributed by atoms with Crippen molar-refractivity contribution >= 4 is 5.78 Å². The molecule has 0 radical (unpaired) electrons. The Labute approximate surface area is 74.1 Å². The van der Waals surface area contributed by atoms with Crippen LogP contribution in [0.5, 0.6) is 0 Å². The lowest BCUT2D eigenvalue weighted by atomic mass is 10.1. The standard InChI is InChI=1S/C10H17NO/c1-4-5-6-8(2)7-10(11)9(3)12/h4-6,10H,7,11H2,1-3H3/b5-4-,8-6+/t10-/m0/s1. The number of nitrogens with two attached hydrogens (primary N) is 1. The molecule has 0 fully saturated rings. The van der Waals surface area contributed by atoms with Crippen LogP contribution in [0.2, 0.25) is 0 Å². The third-order valence-corrected chi connectivity index (χ3v) is 1.64. The molecule has 2 nitrogen and oxygen atoms in total. The van der Waals surface area contributed by atoms with Gasteiger partial charge in [0, 0.05) is 0 Å². The van der Waals surface area contributed by atoms with Crippen LogP contribution in [0.1, 0.15) is 27.2 Å². The number of ketones is 1. The Morgan fingerprint density at radius 3 is 2.50 bits per heavy atom. The first-order chi connectivity index (χ1) is 5.57. The number of Topliss-reactive ketones (excluding diaryl/α,β-unsaturated/α-hetero) is 1. The summed E-state index contributed by atoms with van der Waals surface area (Å²) in [6.07, 6.45) is 6.52. The Kier molecular flexibility index (Phi) is 5.30. The summed E-state index contributed by atoms with van der Waals surface area (Å²) in [7, 11) is 0. The quantitative estimate of drug-likeness (QED) is 0.649. The van der Waals surface area contributed by atoms with Crippen molar-refractivity contribution in [2.75, 3.05) is 0 Å². The Hall–Kier alpha value is -0.890. The molecule has 1 atom stereocenters. The highest BCUT2D eigenvalue weighted by molar-refractivity contribution is 5.81. The fourth-order valence-electron chi connectivity index (χ4n) is 0.819. The number of allylic oxidation sites excluding steroid dienone is 3. The van der Waals surface area contributed by atoms with E-state index in [1.165, 1.54) is 6.92 Å². The highest BCUT2D eigenvalue weighted by Crippen LogP contribution is 2.03. The van der Waals surface area contributed by atoms with Crippen LogP contribution in [-0.4, -0.2) is 11.8 Å². The van der Waals surface area contributed by atoms with Crippen molar-refractivity contribution in [2.24, 2.45) is 5.73 Å². The van der Waals surface area contributed by atoms with Gasteiger partial charge in [0.2, 0.25) is 0 Å². The molecule has 0 aromatic heterocycles. The zero-order chi connectivity index (χ0) is 9.56.